The Bertz CT molecular complexity index is 645. The van der Waals surface area contributed by atoms with Crippen LogP contribution >= 0.6 is 0 Å². The minimum absolute atomic E-state index is 0.172. The lowest BCUT2D eigenvalue weighted by Gasteiger charge is -2.46. The summed E-state index contributed by atoms with van der Waals surface area (Å²) in [4.78, 5) is 31.3. The number of hydrogen-bond donors (Lipinski definition) is 0. The molecule has 6 atom stereocenters. The Morgan fingerprint density at radius 3 is 1.54 bits per heavy atom. The highest BCUT2D eigenvalue weighted by atomic mass is 16.2. The van der Waals surface area contributed by atoms with Gasteiger partial charge in [0, 0.05) is 0 Å². The number of hydrogen-bond acceptors (Lipinski definition) is 2. The number of guanidine groups is 1. The fourth-order valence-electron chi connectivity index (χ4n) is 7.24. The average molecular weight is 356 g/mol. The minimum atomic E-state index is 0.172. The number of fused-ring (bicyclic) bond motifs is 7. The Morgan fingerprint density at radius 2 is 1.04 bits per heavy atom. The van der Waals surface area contributed by atoms with Crippen molar-refractivity contribution < 1.29 is 14.2 Å². The van der Waals surface area contributed by atoms with Crippen LogP contribution in [0.3, 0.4) is 0 Å². The highest BCUT2D eigenvalue weighted by Gasteiger charge is 2.67. The molecular formula is C21H30N3O2+. The largest absolute Gasteiger partial charge is 0.366 e. The average Bonchev–Trinajstić information content (AvgIpc) is 3.03. The van der Waals surface area contributed by atoms with Gasteiger partial charge in [-0.2, -0.15) is 9.80 Å². The number of carbonyl (C=O) groups is 2. The van der Waals surface area contributed by atoms with Crippen LogP contribution in [0.1, 0.15) is 77.0 Å². The van der Waals surface area contributed by atoms with Gasteiger partial charge in [-0.15, -0.1) is 0 Å². The highest BCUT2D eigenvalue weighted by molar-refractivity contribution is 6.08. The van der Waals surface area contributed by atoms with Crippen molar-refractivity contribution in [2.75, 3.05) is 0 Å². The molecule has 0 aromatic heterocycles. The fraction of sp³-hybridized carbons (Fsp3) is 0.857. The molecule has 6 rings (SSSR count). The zero-order chi connectivity index (χ0) is 17.4. The van der Waals surface area contributed by atoms with Gasteiger partial charge in [-0.3, -0.25) is 14.2 Å². The molecule has 2 amide bonds. The molecule has 0 spiro atoms. The molecule has 3 saturated carbocycles. The molecule has 0 N–H and O–H groups in total. The Kier molecular flexibility index (Phi) is 3.34. The molecule has 3 heterocycles. The summed E-state index contributed by atoms with van der Waals surface area (Å²) >= 11 is 0. The van der Waals surface area contributed by atoms with Crippen molar-refractivity contribution in [2.24, 2.45) is 11.8 Å². The van der Waals surface area contributed by atoms with E-state index < -0.39 is 0 Å². The first kappa shape index (κ1) is 15.6. The predicted octanol–water partition coefficient (Wildman–Crippen LogP) is 2.48. The van der Waals surface area contributed by atoms with Crippen LogP contribution in [0, 0.1) is 11.8 Å². The number of amides is 2. The lowest BCUT2D eigenvalue weighted by Crippen LogP contribution is -2.67. The van der Waals surface area contributed by atoms with Crippen LogP contribution < -0.4 is 0 Å². The third-order valence-corrected chi connectivity index (χ3v) is 8.30. The van der Waals surface area contributed by atoms with Crippen LogP contribution in [0.25, 0.3) is 0 Å². The monoisotopic (exact) mass is 356 g/mol. The van der Waals surface area contributed by atoms with Gasteiger partial charge in [-0.1, -0.05) is 12.8 Å². The fourth-order valence-corrected chi connectivity index (χ4v) is 7.24. The van der Waals surface area contributed by atoms with Crippen molar-refractivity contribution in [3.63, 3.8) is 0 Å². The van der Waals surface area contributed by atoms with Gasteiger partial charge in [0.15, 0.2) is 0 Å². The van der Waals surface area contributed by atoms with Crippen LogP contribution in [-0.2, 0) is 9.59 Å². The lowest BCUT2D eigenvalue weighted by molar-refractivity contribution is -0.630. The van der Waals surface area contributed by atoms with Crippen LogP contribution in [0.4, 0.5) is 0 Å². The first-order valence-corrected chi connectivity index (χ1v) is 11.1. The third-order valence-electron chi connectivity index (χ3n) is 8.30. The number of nitrogens with zero attached hydrogens (tertiary/aromatic N) is 3. The van der Waals surface area contributed by atoms with Crippen molar-refractivity contribution in [1.29, 1.82) is 0 Å². The molecule has 0 radical (unpaired) electrons. The van der Waals surface area contributed by atoms with Crippen LogP contribution in [0.5, 0.6) is 0 Å². The maximum absolute atomic E-state index is 13.5. The summed E-state index contributed by atoms with van der Waals surface area (Å²) in [5.41, 5.74) is 0. The summed E-state index contributed by atoms with van der Waals surface area (Å²) in [5, 5.41) is 0. The summed E-state index contributed by atoms with van der Waals surface area (Å²) in [5.74, 6) is 2.07. The van der Waals surface area contributed by atoms with Gasteiger partial charge in [-0.05, 0) is 64.2 Å². The van der Waals surface area contributed by atoms with Gasteiger partial charge >= 0.3 is 5.96 Å². The van der Waals surface area contributed by atoms with E-state index in [9.17, 15) is 9.59 Å². The maximum atomic E-state index is 13.5. The second-order valence-electron chi connectivity index (χ2n) is 9.46. The lowest BCUT2D eigenvalue weighted by atomic mass is 9.76. The Labute approximate surface area is 155 Å². The van der Waals surface area contributed by atoms with Gasteiger partial charge in [-0.25, -0.2) is 0 Å². The molecule has 6 unspecified atom stereocenters. The van der Waals surface area contributed by atoms with E-state index in [4.69, 9.17) is 0 Å². The van der Waals surface area contributed by atoms with Crippen molar-refractivity contribution in [2.45, 2.75) is 101 Å². The van der Waals surface area contributed by atoms with Gasteiger partial charge in [0.25, 0.3) is 11.8 Å². The predicted molar refractivity (Wildman–Crippen MR) is 96.5 cm³/mol. The molecule has 0 aromatic carbocycles. The van der Waals surface area contributed by atoms with Crippen LogP contribution in [-0.4, -0.2) is 56.3 Å². The molecule has 6 aliphatic rings. The van der Waals surface area contributed by atoms with Crippen molar-refractivity contribution in [3.05, 3.63) is 0 Å². The summed E-state index contributed by atoms with van der Waals surface area (Å²) in [6.45, 7) is 0. The Balaban J connectivity index is 1.56. The van der Waals surface area contributed by atoms with Crippen LogP contribution in [0.2, 0.25) is 0 Å². The van der Waals surface area contributed by atoms with E-state index in [2.05, 4.69) is 14.4 Å². The minimum Gasteiger partial charge on any atom is -0.257 e. The summed E-state index contributed by atoms with van der Waals surface area (Å²) in [6, 6.07) is 1.20. The molecule has 3 aliphatic carbocycles. The maximum Gasteiger partial charge on any atom is 0.366 e. The van der Waals surface area contributed by atoms with E-state index in [0.717, 1.165) is 44.5 Å². The molecule has 4 fully saturated rings. The van der Waals surface area contributed by atoms with Crippen LogP contribution in [0.15, 0.2) is 0 Å². The highest BCUT2D eigenvalue weighted by Crippen LogP contribution is 2.46. The first-order chi connectivity index (χ1) is 12.8. The van der Waals surface area contributed by atoms with Gasteiger partial charge in [0.05, 0.1) is 23.9 Å². The topological polar surface area (TPSA) is 43.6 Å². The Morgan fingerprint density at radius 1 is 0.615 bits per heavy atom. The normalized spacial score (nSPS) is 44.5. The van der Waals surface area contributed by atoms with E-state index >= 15 is 0 Å². The van der Waals surface area contributed by atoms with E-state index in [0.29, 0.717) is 23.9 Å². The molecule has 26 heavy (non-hydrogen) atoms. The van der Waals surface area contributed by atoms with Gasteiger partial charge in [0.1, 0.15) is 12.1 Å². The summed E-state index contributed by atoms with van der Waals surface area (Å²) < 4.78 is 2.63. The molecule has 5 nitrogen and oxygen atoms in total. The third kappa shape index (κ3) is 1.85. The standard InChI is InChI=1S/C21H30N3O2/c25-19-13-7-1-3-9-15(13)22-16-10-4-2-8-14(16)20(26)24-18-12-6-5-11-17(18)23(19)21(22)24/h13-18H,1-12H2/q+1. The molecule has 0 aromatic rings. The molecular weight excluding hydrogens is 326 g/mol. The second kappa shape index (κ2) is 5.56. The molecule has 5 heteroatoms. The summed E-state index contributed by atoms with van der Waals surface area (Å²) in [6.07, 6.45) is 13.7. The van der Waals surface area contributed by atoms with E-state index in [1.807, 2.05) is 0 Å². The molecule has 3 aliphatic heterocycles. The second-order valence-corrected chi connectivity index (χ2v) is 9.46. The van der Waals surface area contributed by atoms with Crippen molar-refractivity contribution >= 4 is 17.8 Å². The number of rotatable bonds is 0. The Hall–Kier alpha value is -1.39. The molecule has 0 bridgehead atoms. The quantitative estimate of drug-likeness (QED) is 0.626. The van der Waals surface area contributed by atoms with Crippen molar-refractivity contribution in [1.82, 2.24) is 9.80 Å². The van der Waals surface area contributed by atoms with E-state index in [-0.39, 0.29) is 23.9 Å². The van der Waals surface area contributed by atoms with E-state index in [1.54, 1.807) is 0 Å². The van der Waals surface area contributed by atoms with Crippen molar-refractivity contribution in [3.8, 4) is 0 Å². The molecule has 1 saturated heterocycles. The SMILES string of the molecule is O=C1C2CCCCC2[N+]2=C3N1C1CCCCC1N3C(=O)C1CCCCC12. The summed E-state index contributed by atoms with van der Waals surface area (Å²) in [7, 11) is 0. The smallest absolute Gasteiger partial charge is 0.257 e. The zero-order valence-corrected chi connectivity index (χ0v) is 15.6. The number of carbonyl (C=O) groups excluding carboxylic acids is 2. The molecule has 140 valence electrons. The van der Waals surface area contributed by atoms with Gasteiger partial charge in [0.2, 0.25) is 0 Å². The van der Waals surface area contributed by atoms with Gasteiger partial charge < -0.3 is 0 Å². The first-order valence-electron chi connectivity index (χ1n) is 11.1. The zero-order valence-electron chi connectivity index (χ0n) is 15.6. The van der Waals surface area contributed by atoms with E-state index in [1.165, 1.54) is 38.5 Å².